The van der Waals surface area contributed by atoms with Crippen molar-refractivity contribution in [1.29, 1.82) is 0 Å². The van der Waals surface area contributed by atoms with Crippen LogP contribution in [0.1, 0.15) is 6.92 Å². The van der Waals surface area contributed by atoms with Gasteiger partial charge in [-0.15, -0.1) is 44.3 Å². The Balaban J connectivity index is 3.90. The smallest absolute Gasteiger partial charge is 0.00357 e. The van der Waals surface area contributed by atoms with Gasteiger partial charge in [0, 0.05) is 0 Å². The Morgan fingerprint density at radius 2 is 1.75 bits per heavy atom. The molecule has 9 atom stereocenters. The minimum atomic E-state index is 0.176. The largest absolute Gasteiger partial charge is 0.118 e. The van der Waals surface area contributed by atoms with E-state index in [1.165, 1.54) is 20.6 Å². The lowest BCUT2D eigenvalue weighted by molar-refractivity contribution is 1.51. The van der Waals surface area contributed by atoms with E-state index in [4.69, 9.17) is 0 Å². The highest BCUT2D eigenvalue weighted by Crippen LogP contribution is 2.83. The van der Waals surface area contributed by atoms with Gasteiger partial charge in [-0.2, -0.15) is 0 Å². The van der Waals surface area contributed by atoms with Crippen molar-refractivity contribution >= 4 is 82.1 Å². The van der Waals surface area contributed by atoms with E-state index in [1.807, 2.05) is 0 Å². The molecule has 0 amide bonds. The van der Waals surface area contributed by atoms with Gasteiger partial charge in [0.25, 0.3) is 0 Å². The van der Waals surface area contributed by atoms with Crippen LogP contribution in [-0.4, -0.2) is 30.5 Å². The van der Waals surface area contributed by atoms with Crippen molar-refractivity contribution in [3.05, 3.63) is 0 Å². The molecule has 0 aliphatic rings. The Labute approximate surface area is 119 Å². The zero-order valence-electron chi connectivity index (χ0n) is 9.93. The van der Waals surface area contributed by atoms with E-state index in [1.54, 1.807) is 11.8 Å². The Morgan fingerprint density at radius 1 is 1.12 bits per heavy atom. The molecule has 9 unspecified atom stereocenters. The lowest BCUT2D eigenvalue weighted by Gasteiger charge is -2.25. The molecular weight excluding hydrogens is 382 g/mol. The molecule has 0 aromatic rings. The predicted molar refractivity (Wildman–Crippen MR) is 114 cm³/mol. The minimum Gasteiger partial charge on any atom is -0.118 e. The first-order chi connectivity index (χ1) is 7.51. The van der Waals surface area contributed by atoms with E-state index < -0.39 is 0 Å². The minimum absolute atomic E-state index is 0.176. The standard InChI is InChI=1S/C6H24P10/c1-3-11-4-14(8)6-15(12-7)5-13(2)16(9)10/h11-12H,3-10H2,1-2H3. The molecular formula is C6H24P10. The lowest BCUT2D eigenvalue weighted by Crippen LogP contribution is -1.81. The summed E-state index contributed by atoms with van der Waals surface area (Å²) in [7, 11) is 15.4. The maximum Gasteiger partial charge on any atom is -0.00357 e. The molecule has 0 saturated heterocycles. The van der Waals surface area contributed by atoms with E-state index in [0.29, 0.717) is 7.61 Å². The second-order valence-electron chi connectivity index (χ2n) is 3.34. The first-order valence-electron chi connectivity index (χ1n) is 4.93. The summed E-state index contributed by atoms with van der Waals surface area (Å²) in [5, 5.41) is 0. The number of rotatable bonds is 9. The van der Waals surface area contributed by atoms with Crippen molar-refractivity contribution < 1.29 is 0 Å². The van der Waals surface area contributed by atoms with Gasteiger partial charge in [0.05, 0.1) is 0 Å². The molecule has 0 saturated carbocycles. The fourth-order valence-electron chi connectivity index (χ4n) is 0.971. The van der Waals surface area contributed by atoms with Crippen molar-refractivity contribution in [2.24, 2.45) is 0 Å². The lowest BCUT2D eigenvalue weighted by atomic mass is 11.0. The summed E-state index contributed by atoms with van der Waals surface area (Å²) in [5.41, 5.74) is 0. The van der Waals surface area contributed by atoms with Crippen molar-refractivity contribution in [3.63, 3.8) is 0 Å². The highest BCUT2D eigenvalue weighted by atomic mass is 32.7. The molecule has 0 heterocycles. The summed E-state index contributed by atoms with van der Waals surface area (Å²) in [4.78, 5) is 0. The SMILES string of the molecule is CCPCP(P)CP(CP(C)P(P)P)PP. The van der Waals surface area contributed by atoms with E-state index in [2.05, 4.69) is 49.3 Å². The second-order valence-corrected chi connectivity index (χ2v) is 31.0. The van der Waals surface area contributed by atoms with Gasteiger partial charge in [-0.25, -0.2) is 0 Å². The Hall–Kier alpha value is 4.30. The first kappa shape index (κ1) is 20.3. The van der Waals surface area contributed by atoms with E-state index >= 15 is 0 Å². The Morgan fingerprint density at radius 3 is 2.19 bits per heavy atom. The average molecular weight is 406 g/mol. The highest BCUT2D eigenvalue weighted by Gasteiger charge is 2.16. The molecule has 0 aromatic heterocycles. The van der Waals surface area contributed by atoms with Gasteiger partial charge in [-0.05, 0) is 37.5 Å². The van der Waals surface area contributed by atoms with Gasteiger partial charge < -0.3 is 0 Å². The molecule has 10 heteroatoms. The molecule has 0 fully saturated rings. The Kier molecular flexibility index (Phi) is 16.5. The second kappa shape index (κ2) is 13.0. The van der Waals surface area contributed by atoms with Crippen LogP contribution in [0.15, 0.2) is 0 Å². The third kappa shape index (κ3) is 11.0. The maximum atomic E-state index is 3.15. The summed E-state index contributed by atoms with van der Waals surface area (Å²) in [6.07, 6.45) is 1.39. The van der Waals surface area contributed by atoms with Crippen LogP contribution in [0.2, 0.25) is 0 Å². The molecule has 0 spiro atoms. The number of hydrogen-bond acceptors (Lipinski definition) is 0. The van der Waals surface area contributed by atoms with Crippen LogP contribution >= 0.6 is 82.1 Å². The van der Waals surface area contributed by atoms with Crippen LogP contribution in [0.4, 0.5) is 0 Å². The van der Waals surface area contributed by atoms with Crippen molar-refractivity contribution in [2.75, 3.05) is 30.5 Å². The molecule has 0 aliphatic carbocycles. The summed E-state index contributed by atoms with van der Waals surface area (Å²) < 4.78 is 0. The summed E-state index contributed by atoms with van der Waals surface area (Å²) in [6.45, 7) is 4.98. The zero-order valence-corrected chi connectivity index (χ0v) is 20.1. The Bertz CT molecular complexity index is 163. The van der Waals surface area contributed by atoms with Gasteiger partial charge >= 0.3 is 0 Å². The summed E-state index contributed by atoms with van der Waals surface area (Å²) in [5.74, 6) is 4.60. The predicted octanol–water partition coefficient (Wildman–Crippen LogP) is 6.78. The normalized spacial score (nSPS) is 18.9. The summed E-state index contributed by atoms with van der Waals surface area (Å²) in [6, 6.07) is 0. The third-order valence-electron chi connectivity index (χ3n) is 1.87. The fraction of sp³-hybridized carbons (Fsp3) is 1.00. The van der Waals surface area contributed by atoms with Crippen molar-refractivity contribution in [1.82, 2.24) is 0 Å². The molecule has 0 nitrogen and oxygen atoms in total. The van der Waals surface area contributed by atoms with Crippen LogP contribution < -0.4 is 0 Å². The van der Waals surface area contributed by atoms with Gasteiger partial charge in [-0.1, -0.05) is 37.7 Å². The van der Waals surface area contributed by atoms with E-state index in [-0.39, 0.29) is 22.2 Å². The maximum absolute atomic E-state index is 3.15. The molecule has 0 N–H and O–H groups in total. The quantitative estimate of drug-likeness (QED) is 0.370. The first-order valence-corrected chi connectivity index (χ1v) is 22.3. The van der Waals surface area contributed by atoms with Crippen LogP contribution in [0, 0.1) is 0 Å². The molecule has 0 bridgehead atoms. The fourth-order valence-corrected chi connectivity index (χ4v) is 32.0. The zero-order chi connectivity index (χ0) is 12.6. The molecule has 98 valence electrons. The molecule has 16 heavy (non-hydrogen) atoms. The van der Waals surface area contributed by atoms with Gasteiger partial charge in [0.1, 0.15) is 0 Å². The van der Waals surface area contributed by atoms with E-state index in [0.717, 1.165) is 7.96 Å². The van der Waals surface area contributed by atoms with Crippen LogP contribution in [-0.2, 0) is 0 Å². The van der Waals surface area contributed by atoms with Gasteiger partial charge in [-0.3, -0.25) is 0 Å². The van der Waals surface area contributed by atoms with Gasteiger partial charge in [0.2, 0.25) is 0 Å². The molecule has 0 aromatic carbocycles. The van der Waals surface area contributed by atoms with Gasteiger partial charge in [0.15, 0.2) is 0 Å². The molecule has 0 rings (SSSR count). The number of hydrogen-bond donors (Lipinski definition) is 0. The van der Waals surface area contributed by atoms with Crippen molar-refractivity contribution in [2.45, 2.75) is 6.92 Å². The molecule has 0 aliphatic heterocycles. The summed E-state index contributed by atoms with van der Waals surface area (Å²) >= 11 is 0. The third-order valence-corrected chi connectivity index (χ3v) is 32.5. The monoisotopic (exact) mass is 406 g/mol. The molecule has 0 radical (unpaired) electrons. The van der Waals surface area contributed by atoms with Crippen LogP contribution in [0.5, 0.6) is 0 Å². The van der Waals surface area contributed by atoms with Crippen LogP contribution in [0.25, 0.3) is 0 Å². The van der Waals surface area contributed by atoms with E-state index in [9.17, 15) is 0 Å². The van der Waals surface area contributed by atoms with Crippen LogP contribution in [0.3, 0.4) is 0 Å². The highest BCUT2D eigenvalue weighted by molar-refractivity contribution is 8.73. The topological polar surface area (TPSA) is 0 Å². The average Bonchev–Trinajstić information content (AvgIpc) is 2.24. The van der Waals surface area contributed by atoms with Crippen molar-refractivity contribution in [3.8, 4) is 0 Å².